The van der Waals surface area contributed by atoms with Gasteiger partial charge in [0.25, 0.3) is 5.91 Å². The third kappa shape index (κ3) is 5.59. The molecule has 1 heterocycles. The molecule has 0 unspecified atom stereocenters. The Kier molecular flexibility index (Phi) is 8.39. The molecule has 1 amide bonds. The number of nitrogens with one attached hydrogen (secondary N) is 1. The van der Waals surface area contributed by atoms with Crippen LogP contribution in [0.5, 0.6) is 5.75 Å². The molecule has 6 nitrogen and oxygen atoms in total. The highest BCUT2D eigenvalue weighted by molar-refractivity contribution is 9.10. The SMILES string of the molecule is C=CCOc1ccc(/C=C(\C#N)C(=O)Nc2sc(C)c(C)c2C(=O)OCC)cc1Br. The summed E-state index contributed by atoms with van der Waals surface area (Å²) in [7, 11) is 0. The van der Waals surface area contributed by atoms with Crippen molar-refractivity contribution < 1.29 is 19.1 Å². The number of hydrogen-bond acceptors (Lipinski definition) is 6. The van der Waals surface area contributed by atoms with Crippen molar-refractivity contribution in [2.24, 2.45) is 0 Å². The van der Waals surface area contributed by atoms with Crippen molar-refractivity contribution in [3.8, 4) is 11.8 Å². The molecule has 0 aliphatic heterocycles. The zero-order valence-corrected chi connectivity index (χ0v) is 19.3. The van der Waals surface area contributed by atoms with Gasteiger partial charge < -0.3 is 14.8 Å². The number of esters is 1. The van der Waals surface area contributed by atoms with Gasteiger partial charge in [-0.25, -0.2) is 4.79 Å². The molecule has 2 aromatic rings. The summed E-state index contributed by atoms with van der Waals surface area (Å²) in [5.41, 5.74) is 1.61. The molecule has 0 aliphatic carbocycles. The second kappa shape index (κ2) is 10.8. The van der Waals surface area contributed by atoms with Crippen LogP contribution in [0.25, 0.3) is 6.08 Å². The van der Waals surface area contributed by atoms with Crippen LogP contribution in [0.15, 0.2) is 40.9 Å². The van der Waals surface area contributed by atoms with Gasteiger partial charge in [0.1, 0.15) is 29.0 Å². The van der Waals surface area contributed by atoms with E-state index in [0.29, 0.717) is 33.0 Å². The Balaban J connectivity index is 2.29. The molecule has 2 rings (SSSR count). The Labute approximate surface area is 187 Å². The first-order valence-corrected chi connectivity index (χ1v) is 10.7. The van der Waals surface area contributed by atoms with E-state index in [4.69, 9.17) is 9.47 Å². The highest BCUT2D eigenvalue weighted by Gasteiger charge is 2.23. The number of nitriles is 1. The van der Waals surface area contributed by atoms with Crippen molar-refractivity contribution >= 4 is 50.2 Å². The molecular weight excluding hydrogens is 468 g/mol. The molecule has 156 valence electrons. The third-order valence-corrected chi connectivity index (χ3v) is 5.82. The number of anilines is 1. The van der Waals surface area contributed by atoms with E-state index in [1.54, 1.807) is 38.1 Å². The Morgan fingerprint density at radius 3 is 2.70 bits per heavy atom. The van der Waals surface area contributed by atoms with Crippen LogP contribution in [0.3, 0.4) is 0 Å². The van der Waals surface area contributed by atoms with Gasteiger partial charge in [-0.15, -0.1) is 11.3 Å². The number of ether oxygens (including phenoxy) is 2. The predicted octanol–water partition coefficient (Wildman–Crippen LogP) is 5.41. The van der Waals surface area contributed by atoms with Crippen molar-refractivity contribution in [1.82, 2.24) is 0 Å². The van der Waals surface area contributed by atoms with E-state index >= 15 is 0 Å². The highest BCUT2D eigenvalue weighted by Crippen LogP contribution is 2.33. The summed E-state index contributed by atoms with van der Waals surface area (Å²) in [5, 5.41) is 12.5. The van der Waals surface area contributed by atoms with E-state index in [2.05, 4.69) is 27.8 Å². The van der Waals surface area contributed by atoms with Crippen LogP contribution in [0.2, 0.25) is 0 Å². The highest BCUT2D eigenvalue weighted by atomic mass is 79.9. The molecule has 0 aliphatic rings. The summed E-state index contributed by atoms with van der Waals surface area (Å²) >= 11 is 4.68. The number of amides is 1. The summed E-state index contributed by atoms with van der Waals surface area (Å²) in [6, 6.07) is 7.12. The molecule has 0 fully saturated rings. The summed E-state index contributed by atoms with van der Waals surface area (Å²) in [6.45, 7) is 9.56. The largest absolute Gasteiger partial charge is 0.488 e. The van der Waals surface area contributed by atoms with Crippen LogP contribution in [-0.2, 0) is 9.53 Å². The van der Waals surface area contributed by atoms with Gasteiger partial charge in [-0.05, 0) is 66.0 Å². The van der Waals surface area contributed by atoms with Crippen LogP contribution >= 0.6 is 27.3 Å². The predicted molar refractivity (Wildman–Crippen MR) is 122 cm³/mol. The molecule has 0 radical (unpaired) electrons. The third-order valence-electron chi connectivity index (χ3n) is 4.08. The molecule has 8 heteroatoms. The summed E-state index contributed by atoms with van der Waals surface area (Å²) < 4.78 is 11.3. The van der Waals surface area contributed by atoms with Crippen LogP contribution in [0.4, 0.5) is 5.00 Å². The molecule has 30 heavy (non-hydrogen) atoms. The minimum Gasteiger partial charge on any atom is -0.488 e. The van der Waals surface area contributed by atoms with Crippen molar-refractivity contribution in [1.29, 1.82) is 5.26 Å². The first-order valence-electron chi connectivity index (χ1n) is 9.05. The fourth-order valence-corrected chi connectivity index (χ4v) is 4.08. The zero-order chi connectivity index (χ0) is 22.3. The fraction of sp³-hybridized carbons (Fsp3) is 0.227. The number of carbonyl (C=O) groups is 2. The number of carbonyl (C=O) groups excluding carboxylic acids is 2. The lowest BCUT2D eigenvalue weighted by Gasteiger charge is -2.08. The van der Waals surface area contributed by atoms with Crippen molar-refractivity contribution in [3.63, 3.8) is 0 Å². The maximum Gasteiger partial charge on any atom is 0.341 e. The number of aryl methyl sites for hydroxylation is 1. The number of nitrogens with zero attached hydrogens (tertiary/aromatic N) is 1. The topological polar surface area (TPSA) is 88.4 Å². The van der Waals surface area contributed by atoms with Crippen LogP contribution in [0, 0.1) is 25.2 Å². The van der Waals surface area contributed by atoms with Crippen molar-refractivity contribution in [2.75, 3.05) is 18.5 Å². The fourth-order valence-electron chi connectivity index (χ4n) is 2.52. The lowest BCUT2D eigenvalue weighted by Crippen LogP contribution is -2.16. The van der Waals surface area contributed by atoms with E-state index in [9.17, 15) is 14.9 Å². The maximum atomic E-state index is 12.7. The van der Waals surface area contributed by atoms with E-state index in [1.165, 1.54) is 17.4 Å². The maximum absolute atomic E-state index is 12.7. The lowest BCUT2D eigenvalue weighted by atomic mass is 10.1. The van der Waals surface area contributed by atoms with Crippen LogP contribution in [-0.4, -0.2) is 25.1 Å². The standard InChI is InChI=1S/C22H21BrN2O4S/c1-5-9-29-18-8-7-15(11-17(18)23)10-16(12-24)20(26)25-21-19(22(27)28-6-2)13(3)14(4)30-21/h5,7-8,10-11H,1,6,9H2,2-4H3,(H,25,26)/b16-10+. The van der Waals surface area contributed by atoms with Crippen LogP contribution < -0.4 is 10.1 Å². The zero-order valence-electron chi connectivity index (χ0n) is 16.9. The number of rotatable bonds is 8. The molecule has 1 aromatic carbocycles. The van der Waals surface area contributed by atoms with Gasteiger partial charge in [0.2, 0.25) is 0 Å². The minimum absolute atomic E-state index is 0.0971. The van der Waals surface area contributed by atoms with Gasteiger partial charge in [-0.2, -0.15) is 5.26 Å². The van der Waals surface area contributed by atoms with E-state index in [1.807, 2.05) is 13.0 Å². The van der Waals surface area contributed by atoms with Gasteiger partial charge in [0.05, 0.1) is 16.6 Å². The Bertz CT molecular complexity index is 1050. The van der Waals surface area contributed by atoms with E-state index in [-0.39, 0.29) is 12.2 Å². The molecule has 0 atom stereocenters. The number of thiophene rings is 1. The van der Waals surface area contributed by atoms with Gasteiger partial charge >= 0.3 is 5.97 Å². The van der Waals surface area contributed by atoms with E-state index in [0.717, 1.165) is 10.4 Å². The first kappa shape index (κ1) is 23.4. The average Bonchev–Trinajstić information content (AvgIpc) is 2.98. The lowest BCUT2D eigenvalue weighted by molar-refractivity contribution is -0.112. The second-order valence-electron chi connectivity index (χ2n) is 6.12. The van der Waals surface area contributed by atoms with Gasteiger partial charge in [-0.3, -0.25) is 4.79 Å². The van der Waals surface area contributed by atoms with Gasteiger partial charge in [-0.1, -0.05) is 18.7 Å². The first-order chi connectivity index (χ1) is 14.3. The second-order valence-corrected chi connectivity index (χ2v) is 8.20. The Morgan fingerprint density at radius 2 is 2.10 bits per heavy atom. The Hall–Kier alpha value is -2.89. The molecule has 0 bridgehead atoms. The monoisotopic (exact) mass is 488 g/mol. The molecule has 0 spiro atoms. The molecule has 1 aromatic heterocycles. The minimum atomic E-state index is -0.604. The van der Waals surface area contributed by atoms with Gasteiger partial charge in [0.15, 0.2) is 0 Å². The summed E-state index contributed by atoms with van der Waals surface area (Å²) in [4.78, 5) is 25.9. The van der Waals surface area contributed by atoms with E-state index < -0.39 is 11.9 Å². The molecule has 0 saturated heterocycles. The Morgan fingerprint density at radius 1 is 1.37 bits per heavy atom. The average molecular weight is 489 g/mol. The van der Waals surface area contributed by atoms with Crippen molar-refractivity contribution in [2.45, 2.75) is 20.8 Å². The van der Waals surface area contributed by atoms with Crippen LogP contribution in [0.1, 0.15) is 33.3 Å². The normalized spacial score (nSPS) is 10.8. The van der Waals surface area contributed by atoms with Crippen molar-refractivity contribution in [3.05, 3.63) is 62.5 Å². The molecule has 1 N–H and O–H groups in total. The summed E-state index contributed by atoms with van der Waals surface area (Å²) in [5.74, 6) is -0.484. The smallest absolute Gasteiger partial charge is 0.341 e. The molecule has 0 saturated carbocycles. The molecular formula is C22H21BrN2O4S. The number of hydrogen-bond donors (Lipinski definition) is 1. The quantitative estimate of drug-likeness (QED) is 0.232. The number of halogens is 1. The number of benzene rings is 1. The van der Waals surface area contributed by atoms with Gasteiger partial charge in [0, 0.05) is 4.88 Å². The summed E-state index contributed by atoms with van der Waals surface area (Å²) in [6.07, 6.45) is 3.10.